The third-order valence-corrected chi connectivity index (χ3v) is 2.51. The Morgan fingerprint density at radius 1 is 1.71 bits per heavy atom. The zero-order chi connectivity index (χ0) is 9.80. The zero-order valence-corrected chi connectivity index (χ0v) is 8.44. The summed E-state index contributed by atoms with van der Waals surface area (Å²) in [6, 6.07) is 0. The number of rotatable bonds is 4. The number of aryl methyl sites for hydroxylation is 1. The minimum absolute atomic E-state index is 0.399. The van der Waals surface area contributed by atoms with Gasteiger partial charge < -0.3 is 10.1 Å². The summed E-state index contributed by atoms with van der Waals surface area (Å²) < 4.78 is 7.28. The third-order valence-electron chi connectivity index (χ3n) is 2.51. The van der Waals surface area contributed by atoms with Gasteiger partial charge in [-0.25, -0.2) is 0 Å². The molecule has 1 aliphatic rings. The predicted molar refractivity (Wildman–Crippen MR) is 51.7 cm³/mol. The van der Waals surface area contributed by atoms with Crippen LogP contribution in [0.5, 0.6) is 0 Å². The van der Waals surface area contributed by atoms with Gasteiger partial charge in [-0.3, -0.25) is 4.68 Å². The van der Waals surface area contributed by atoms with Crippen molar-refractivity contribution >= 4 is 0 Å². The number of hydrogen-bond donors (Lipinski definition) is 1. The molecule has 0 amide bonds. The van der Waals surface area contributed by atoms with Crippen LogP contribution in [0.3, 0.4) is 0 Å². The van der Waals surface area contributed by atoms with Crippen LogP contribution in [-0.2, 0) is 18.3 Å². The monoisotopic (exact) mass is 196 g/mol. The van der Waals surface area contributed by atoms with E-state index in [2.05, 4.69) is 15.6 Å². The summed E-state index contributed by atoms with van der Waals surface area (Å²) >= 11 is 0. The first kappa shape index (κ1) is 9.61. The van der Waals surface area contributed by atoms with Gasteiger partial charge in [0.2, 0.25) is 0 Å². The fourth-order valence-electron chi connectivity index (χ4n) is 1.64. The van der Waals surface area contributed by atoms with E-state index >= 15 is 0 Å². The van der Waals surface area contributed by atoms with Crippen LogP contribution in [0.25, 0.3) is 0 Å². The molecule has 5 nitrogen and oxygen atoms in total. The quantitative estimate of drug-likeness (QED) is 0.741. The fraction of sp³-hybridized carbons (Fsp3) is 0.778. The van der Waals surface area contributed by atoms with E-state index < -0.39 is 0 Å². The highest BCUT2D eigenvalue weighted by atomic mass is 16.5. The Morgan fingerprint density at radius 2 is 2.64 bits per heavy atom. The maximum Gasteiger partial charge on any atom is 0.0738 e. The third kappa shape index (κ3) is 2.30. The highest BCUT2D eigenvalue weighted by molar-refractivity contribution is 4.92. The maximum absolute atomic E-state index is 5.50. The number of nitrogens with one attached hydrogen (secondary N) is 1. The Bertz CT molecular complexity index is 280. The first-order valence-electron chi connectivity index (χ1n) is 5.02. The Hall–Kier alpha value is -0.940. The second kappa shape index (κ2) is 4.52. The molecule has 78 valence electrons. The van der Waals surface area contributed by atoms with E-state index in [9.17, 15) is 0 Å². The van der Waals surface area contributed by atoms with Gasteiger partial charge >= 0.3 is 0 Å². The van der Waals surface area contributed by atoms with Crippen molar-refractivity contribution in [2.24, 2.45) is 7.05 Å². The molecule has 5 heteroatoms. The van der Waals surface area contributed by atoms with Crippen molar-refractivity contribution in [3.63, 3.8) is 0 Å². The molecule has 1 atom stereocenters. The molecule has 2 heterocycles. The molecule has 1 aromatic heterocycles. The van der Waals surface area contributed by atoms with Crippen LogP contribution >= 0.6 is 0 Å². The Balaban J connectivity index is 1.70. The smallest absolute Gasteiger partial charge is 0.0738 e. The lowest BCUT2D eigenvalue weighted by Gasteiger charge is -2.10. The summed E-state index contributed by atoms with van der Waals surface area (Å²) in [4.78, 5) is 0. The average Bonchev–Trinajstić information content (AvgIpc) is 2.78. The van der Waals surface area contributed by atoms with Crippen LogP contribution in [0.4, 0.5) is 0 Å². The zero-order valence-electron chi connectivity index (χ0n) is 8.44. The first-order chi connectivity index (χ1) is 6.86. The van der Waals surface area contributed by atoms with Gasteiger partial charge in [-0.2, -0.15) is 0 Å². The lowest BCUT2D eigenvalue weighted by atomic mass is 10.2. The van der Waals surface area contributed by atoms with Crippen molar-refractivity contribution in [2.75, 3.05) is 13.2 Å². The lowest BCUT2D eigenvalue weighted by Crippen LogP contribution is -2.26. The maximum atomic E-state index is 5.50. The average molecular weight is 196 g/mol. The van der Waals surface area contributed by atoms with Crippen molar-refractivity contribution in [1.82, 2.24) is 20.3 Å². The number of aromatic nitrogens is 3. The van der Waals surface area contributed by atoms with E-state index in [0.717, 1.165) is 25.4 Å². The minimum Gasteiger partial charge on any atom is -0.377 e. The molecule has 0 spiro atoms. The van der Waals surface area contributed by atoms with Gasteiger partial charge in [0, 0.05) is 26.7 Å². The molecule has 1 aromatic rings. The van der Waals surface area contributed by atoms with Crippen LogP contribution in [0.15, 0.2) is 6.20 Å². The number of nitrogens with zero attached hydrogens (tertiary/aromatic N) is 3. The van der Waals surface area contributed by atoms with Gasteiger partial charge in [-0.1, -0.05) is 5.21 Å². The molecule has 1 unspecified atom stereocenters. The predicted octanol–water partition coefficient (Wildman–Crippen LogP) is 0.0837. The largest absolute Gasteiger partial charge is 0.377 e. The van der Waals surface area contributed by atoms with Crippen molar-refractivity contribution in [2.45, 2.75) is 25.5 Å². The Kier molecular flexibility index (Phi) is 3.10. The minimum atomic E-state index is 0.399. The molecule has 0 radical (unpaired) electrons. The number of hydrogen-bond acceptors (Lipinski definition) is 4. The summed E-state index contributed by atoms with van der Waals surface area (Å²) in [5, 5.41) is 11.0. The molecule has 1 fully saturated rings. The standard InChI is InChI=1S/C9H16N4O/c1-13-8(6-11-12-13)5-10-7-9-3-2-4-14-9/h6,9-10H,2-5,7H2,1H3. The van der Waals surface area contributed by atoms with Gasteiger partial charge in [-0.15, -0.1) is 5.10 Å². The Morgan fingerprint density at radius 3 is 3.29 bits per heavy atom. The van der Waals surface area contributed by atoms with Crippen LogP contribution in [-0.4, -0.2) is 34.2 Å². The Labute approximate surface area is 83.4 Å². The van der Waals surface area contributed by atoms with E-state index in [0.29, 0.717) is 6.10 Å². The summed E-state index contributed by atoms with van der Waals surface area (Å²) in [6.45, 7) is 2.65. The summed E-state index contributed by atoms with van der Waals surface area (Å²) in [6.07, 6.45) is 4.55. The second-order valence-electron chi connectivity index (χ2n) is 3.61. The SMILES string of the molecule is Cn1nncc1CNCC1CCCO1. The van der Waals surface area contributed by atoms with Gasteiger partial charge in [0.1, 0.15) is 0 Å². The van der Waals surface area contributed by atoms with Crippen molar-refractivity contribution in [3.8, 4) is 0 Å². The summed E-state index contributed by atoms with van der Waals surface area (Å²) in [7, 11) is 1.90. The molecule has 2 rings (SSSR count). The molecule has 0 aliphatic carbocycles. The topological polar surface area (TPSA) is 52.0 Å². The molecule has 0 saturated carbocycles. The summed E-state index contributed by atoms with van der Waals surface area (Å²) in [5.41, 5.74) is 1.10. The van der Waals surface area contributed by atoms with Gasteiger partial charge in [-0.05, 0) is 12.8 Å². The molecular weight excluding hydrogens is 180 g/mol. The van der Waals surface area contributed by atoms with Crippen molar-refractivity contribution in [1.29, 1.82) is 0 Å². The fourth-order valence-corrected chi connectivity index (χ4v) is 1.64. The van der Waals surface area contributed by atoms with E-state index in [4.69, 9.17) is 4.74 Å². The lowest BCUT2D eigenvalue weighted by molar-refractivity contribution is 0.110. The van der Waals surface area contributed by atoms with Crippen LogP contribution in [0.1, 0.15) is 18.5 Å². The second-order valence-corrected chi connectivity index (χ2v) is 3.61. The molecule has 1 aliphatic heterocycles. The number of ether oxygens (including phenoxy) is 1. The van der Waals surface area contributed by atoms with Crippen molar-refractivity contribution < 1.29 is 4.74 Å². The molecular formula is C9H16N4O. The van der Waals surface area contributed by atoms with E-state index in [-0.39, 0.29) is 0 Å². The molecule has 0 aromatic carbocycles. The van der Waals surface area contributed by atoms with E-state index in [1.807, 2.05) is 7.05 Å². The van der Waals surface area contributed by atoms with Crippen LogP contribution in [0.2, 0.25) is 0 Å². The van der Waals surface area contributed by atoms with Gasteiger partial charge in [0.05, 0.1) is 18.0 Å². The highest BCUT2D eigenvalue weighted by Crippen LogP contribution is 2.10. The first-order valence-corrected chi connectivity index (χ1v) is 5.02. The molecule has 1 N–H and O–H groups in total. The van der Waals surface area contributed by atoms with Crippen LogP contribution in [0, 0.1) is 0 Å². The normalized spacial score (nSPS) is 21.6. The highest BCUT2D eigenvalue weighted by Gasteiger charge is 2.14. The van der Waals surface area contributed by atoms with Gasteiger partial charge in [0.25, 0.3) is 0 Å². The molecule has 0 bridgehead atoms. The summed E-state index contributed by atoms with van der Waals surface area (Å²) in [5.74, 6) is 0. The molecule has 14 heavy (non-hydrogen) atoms. The van der Waals surface area contributed by atoms with E-state index in [1.54, 1.807) is 10.9 Å². The van der Waals surface area contributed by atoms with Gasteiger partial charge in [0.15, 0.2) is 0 Å². The molecule has 1 saturated heterocycles. The van der Waals surface area contributed by atoms with Crippen molar-refractivity contribution in [3.05, 3.63) is 11.9 Å². The van der Waals surface area contributed by atoms with Crippen LogP contribution < -0.4 is 5.32 Å². The van der Waals surface area contributed by atoms with E-state index in [1.165, 1.54) is 12.8 Å².